The Balaban J connectivity index is 1.49. The molecule has 1 aliphatic heterocycles. The second-order valence-electron chi connectivity index (χ2n) is 8.76. The molecule has 1 heterocycles. The number of hydrogen-bond acceptors (Lipinski definition) is 3. The number of benzene rings is 1. The molecule has 1 N–H and O–H groups in total. The first-order valence-electron chi connectivity index (χ1n) is 11.3. The van der Waals surface area contributed by atoms with Gasteiger partial charge in [-0.1, -0.05) is 56.2 Å². The highest BCUT2D eigenvalue weighted by atomic mass is 32.2. The SMILES string of the molecule is Cc1ccc(S(=O)(=O)N2CCCCC2CCNC(=O)CCC2CCCCC2)cc1. The summed E-state index contributed by atoms with van der Waals surface area (Å²) in [6.07, 6.45) is 11.6. The van der Waals surface area contributed by atoms with Crippen LogP contribution in [0.4, 0.5) is 0 Å². The number of rotatable bonds is 8. The predicted molar refractivity (Wildman–Crippen MR) is 116 cm³/mol. The number of sulfonamides is 1. The molecule has 3 rings (SSSR count). The van der Waals surface area contributed by atoms with E-state index in [0.29, 0.717) is 36.7 Å². The number of nitrogens with zero attached hydrogens (tertiary/aromatic N) is 1. The largest absolute Gasteiger partial charge is 0.356 e. The van der Waals surface area contributed by atoms with Gasteiger partial charge in [0.2, 0.25) is 15.9 Å². The molecule has 0 bridgehead atoms. The molecule has 2 fully saturated rings. The second kappa shape index (κ2) is 10.6. The number of carbonyl (C=O) groups excluding carboxylic acids is 1. The first-order chi connectivity index (χ1) is 14.0. The fourth-order valence-corrected chi connectivity index (χ4v) is 6.43. The lowest BCUT2D eigenvalue weighted by Gasteiger charge is -2.34. The van der Waals surface area contributed by atoms with Gasteiger partial charge < -0.3 is 5.32 Å². The maximum atomic E-state index is 13.1. The molecule has 5 nitrogen and oxygen atoms in total. The first kappa shape index (κ1) is 22.3. The monoisotopic (exact) mass is 420 g/mol. The van der Waals surface area contributed by atoms with Gasteiger partial charge in [-0.15, -0.1) is 0 Å². The molecule has 1 saturated carbocycles. The summed E-state index contributed by atoms with van der Waals surface area (Å²) in [5.74, 6) is 0.822. The molecule has 6 heteroatoms. The third-order valence-corrected chi connectivity index (χ3v) is 8.47. The Labute approximate surface area is 176 Å². The molecular formula is C23H36N2O3S. The summed E-state index contributed by atoms with van der Waals surface area (Å²) < 4.78 is 27.9. The van der Waals surface area contributed by atoms with Gasteiger partial charge in [-0.3, -0.25) is 4.79 Å². The Morgan fingerprint density at radius 2 is 1.69 bits per heavy atom. The molecule has 0 spiro atoms. The van der Waals surface area contributed by atoms with Gasteiger partial charge in [0, 0.05) is 25.6 Å². The van der Waals surface area contributed by atoms with E-state index < -0.39 is 10.0 Å². The highest BCUT2D eigenvalue weighted by Crippen LogP contribution is 2.28. The Morgan fingerprint density at radius 3 is 2.41 bits per heavy atom. The van der Waals surface area contributed by atoms with Crippen molar-refractivity contribution in [1.29, 1.82) is 0 Å². The second-order valence-corrected chi connectivity index (χ2v) is 10.7. The number of aryl methyl sites for hydroxylation is 1. The molecule has 162 valence electrons. The number of amides is 1. The summed E-state index contributed by atoms with van der Waals surface area (Å²) in [7, 11) is -3.48. The zero-order valence-electron chi connectivity index (χ0n) is 17.7. The lowest BCUT2D eigenvalue weighted by molar-refractivity contribution is -0.121. The van der Waals surface area contributed by atoms with Crippen LogP contribution in [-0.2, 0) is 14.8 Å². The molecule has 1 aromatic carbocycles. The Kier molecular flexibility index (Phi) is 8.13. The van der Waals surface area contributed by atoms with Crippen LogP contribution in [0.2, 0.25) is 0 Å². The van der Waals surface area contributed by atoms with Gasteiger partial charge in [-0.25, -0.2) is 8.42 Å². The van der Waals surface area contributed by atoms with E-state index in [1.54, 1.807) is 16.4 Å². The maximum Gasteiger partial charge on any atom is 0.243 e. The highest BCUT2D eigenvalue weighted by Gasteiger charge is 2.33. The Morgan fingerprint density at radius 1 is 1.00 bits per heavy atom. The lowest BCUT2D eigenvalue weighted by atomic mass is 9.86. The summed E-state index contributed by atoms with van der Waals surface area (Å²) in [6.45, 7) is 3.07. The van der Waals surface area contributed by atoms with Crippen molar-refractivity contribution >= 4 is 15.9 Å². The van der Waals surface area contributed by atoms with Crippen molar-refractivity contribution in [1.82, 2.24) is 9.62 Å². The standard InChI is InChI=1S/C23H36N2O3S/c1-19-10-13-22(14-11-19)29(27,28)25-18-6-5-9-21(25)16-17-24-23(26)15-12-20-7-3-2-4-8-20/h10-11,13-14,20-21H,2-9,12,15-18H2,1H3,(H,24,26). The predicted octanol–water partition coefficient (Wildman–Crippen LogP) is 4.41. The van der Waals surface area contributed by atoms with E-state index in [9.17, 15) is 13.2 Å². The highest BCUT2D eigenvalue weighted by molar-refractivity contribution is 7.89. The first-order valence-corrected chi connectivity index (χ1v) is 12.8. The normalized spacial score (nSPS) is 21.8. The Hall–Kier alpha value is -1.40. The van der Waals surface area contributed by atoms with Crippen LogP contribution in [0.15, 0.2) is 29.2 Å². The molecule has 29 heavy (non-hydrogen) atoms. The Bertz CT molecular complexity index is 755. The van der Waals surface area contributed by atoms with Gasteiger partial charge >= 0.3 is 0 Å². The molecule has 1 amide bonds. The van der Waals surface area contributed by atoms with Crippen molar-refractivity contribution in [2.45, 2.75) is 88.5 Å². The molecule has 2 aliphatic rings. The lowest BCUT2D eigenvalue weighted by Crippen LogP contribution is -2.45. The van der Waals surface area contributed by atoms with Crippen molar-refractivity contribution in [2.75, 3.05) is 13.1 Å². The van der Waals surface area contributed by atoms with Crippen LogP contribution >= 0.6 is 0 Å². The quantitative estimate of drug-likeness (QED) is 0.678. The van der Waals surface area contributed by atoms with Crippen molar-refractivity contribution in [2.24, 2.45) is 5.92 Å². The van der Waals surface area contributed by atoms with Gasteiger partial charge in [0.15, 0.2) is 0 Å². The number of carbonyl (C=O) groups is 1. The van der Waals surface area contributed by atoms with Crippen LogP contribution in [0.1, 0.15) is 76.2 Å². The van der Waals surface area contributed by atoms with Crippen molar-refractivity contribution in [3.05, 3.63) is 29.8 Å². The zero-order valence-corrected chi connectivity index (χ0v) is 18.6. The van der Waals surface area contributed by atoms with E-state index in [-0.39, 0.29) is 11.9 Å². The van der Waals surface area contributed by atoms with Crippen LogP contribution in [0.25, 0.3) is 0 Å². The number of piperidine rings is 1. The number of nitrogens with one attached hydrogen (secondary N) is 1. The molecule has 1 atom stereocenters. The third-order valence-electron chi connectivity index (χ3n) is 6.50. The van der Waals surface area contributed by atoms with E-state index in [0.717, 1.165) is 31.2 Å². The van der Waals surface area contributed by atoms with Gasteiger partial charge in [0.05, 0.1) is 4.90 Å². The molecule has 1 unspecified atom stereocenters. The van der Waals surface area contributed by atoms with Crippen molar-refractivity contribution < 1.29 is 13.2 Å². The van der Waals surface area contributed by atoms with Crippen LogP contribution in [0, 0.1) is 12.8 Å². The third kappa shape index (κ3) is 6.29. The molecule has 1 aliphatic carbocycles. The topological polar surface area (TPSA) is 66.5 Å². The van der Waals surface area contributed by atoms with Crippen molar-refractivity contribution in [3.63, 3.8) is 0 Å². The molecule has 1 aromatic rings. The summed E-state index contributed by atoms with van der Waals surface area (Å²) in [6, 6.07) is 7.05. The fraction of sp³-hybridized carbons (Fsp3) is 0.696. The molecule has 0 radical (unpaired) electrons. The van der Waals surface area contributed by atoms with E-state index in [4.69, 9.17) is 0 Å². The van der Waals surface area contributed by atoms with Crippen molar-refractivity contribution in [3.8, 4) is 0 Å². The van der Waals surface area contributed by atoms with E-state index in [1.165, 1.54) is 32.1 Å². The van der Waals surface area contributed by atoms with Gasteiger partial charge in [0.25, 0.3) is 0 Å². The van der Waals surface area contributed by atoms with Gasteiger partial charge in [-0.05, 0) is 50.7 Å². The molecule has 1 saturated heterocycles. The molecule has 0 aromatic heterocycles. The minimum Gasteiger partial charge on any atom is -0.356 e. The summed E-state index contributed by atoms with van der Waals surface area (Å²) >= 11 is 0. The zero-order chi connectivity index (χ0) is 20.7. The van der Waals surface area contributed by atoms with Gasteiger partial charge in [0.1, 0.15) is 0 Å². The van der Waals surface area contributed by atoms with Crippen LogP contribution in [0.3, 0.4) is 0 Å². The van der Waals surface area contributed by atoms with Crippen LogP contribution in [-0.4, -0.2) is 37.8 Å². The maximum absolute atomic E-state index is 13.1. The minimum absolute atomic E-state index is 0.0336. The van der Waals surface area contributed by atoms with Gasteiger partial charge in [-0.2, -0.15) is 4.31 Å². The summed E-state index contributed by atoms with van der Waals surface area (Å²) in [5, 5.41) is 3.03. The van der Waals surface area contributed by atoms with E-state index in [2.05, 4.69) is 5.32 Å². The van der Waals surface area contributed by atoms with Crippen LogP contribution < -0.4 is 5.32 Å². The molecular weight excluding hydrogens is 384 g/mol. The fourth-order valence-electron chi connectivity index (χ4n) is 4.70. The average molecular weight is 421 g/mol. The van der Waals surface area contributed by atoms with E-state index in [1.807, 2.05) is 19.1 Å². The smallest absolute Gasteiger partial charge is 0.243 e. The average Bonchev–Trinajstić information content (AvgIpc) is 2.73. The summed E-state index contributed by atoms with van der Waals surface area (Å²) in [5.41, 5.74) is 1.05. The van der Waals surface area contributed by atoms with Crippen LogP contribution in [0.5, 0.6) is 0 Å². The minimum atomic E-state index is -3.48. The summed E-state index contributed by atoms with van der Waals surface area (Å²) in [4.78, 5) is 12.6. The number of hydrogen-bond donors (Lipinski definition) is 1. The van der Waals surface area contributed by atoms with E-state index >= 15 is 0 Å².